The lowest BCUT2D eigenvalue weighted by Crippen LogP contribution is -2.17. The second kappa shape index (κ2) is 5.67. The van der Waals surface area contributed by atoms with Crippen molar-refractivity contribution in [2.24, 2.45) is 5.92 Å². The molecule has 0 fully saturated rings. The molecule has 2 atom stereocenters. The van der Waals surface area contributed by atoms with E-state index in [1.807, 2.05) is 0 Å². The Balaban J connectivity index is 2.00. The highest BCUT2D eigenvalue weighted by Crippen LogP contribution is 2.43. The summed E-state index contributed by atoms with van der Waals surface area (Å²) < 4.78 is 13.8. The number of aliphatic carboxylic acids is 1. The molecule has 1 N–H and O–H groups in total. The van der Waals surface area contributed by atoms with Gasteiger partial charge in [-0.15, -0.1) is 0 Å². The molecule has 4 nitrogen and oxygen atoms in total. The smallest absolute Gasteiger partial charge is 0.311 e. The van der Waals surface area contributed by atoms with Gasteiger partial charge in [0.15, 0.2) is 0 Å². The van der Waals surface area contributed by atoms with Crippen LogP contribution in [0.3, 0.4) is 0 Å². The first-order valence-electron chi connectivity index (χ1n) is 7.02. The molecule has 0 bridgehead atoms. The van der Waals surface area contributed by atoms with Crippen molar-refractivity contribution in [1.82, 2.24) is 9.97 Å². The minimum absolute atomic E-state index is 0.275. The highest BCUT2D eigenvalue weighted by atomic mass is 19.1. The van der Waals surface area contributed by atoms with Crippen molar-refractivity contribution in [2.75, 3.05) is 0 Å². The molecule has 0 radical (unpaired) electrons. The number of allylic oxidation sites excluding steroid dienone is 1. The quantitative estimate of drug-likeness (QED) is 0.945. The number of halogens is 1. The molecule has 22 heavy (non-hydrogen) atoms. The fourth-order valence-corrected chi connectivity index (χ4v) is 3.02. The molecule has 2 aromatic rings. The maximum Gasteiger partial charge on any atom is 0.311 e. The summed E-state index contributed by atoms with van der Waals surface area (Å²) in [5.41, 5.74) is 2.96. The van der Waals surface area contributed by atoms with Crippen molar-refractivity contribution in [3.8, 4) is 0 Å². The van der Waals surface area contributed by atoms with Crippen LogP contribution in [0.4, 0.5) is 4.39 Å². The summed E-state index contributed by atoms with van der Waals surface area (Å²) in [5.74, 6) is -2.15. The highest BCUT2D eigenvalue weighted by Gasteiger charge is 2.35. The van der Waals surface area contributed by atoms with Crippen LogP contribution in [-0.2, 0) is 4.79 Å². The van der Waals surface area contributed by atoms with Gasteiger partial charge in [-0.25, -0.2) is 14.4 Å². The summed E-state index contributed by atoms with van der Waals surface area (Å²) >= 11 is 0. The summed E-state index contributed by atoms with van der Waals surface area (Å²) in [5, 5.41) is 9.50. The van der Waals surface area contributed by atoms with Crippen LogP contribution in [0, 0.1) is 18.7 Å². The zero-order valence-electron chi connectivity index (χ0n) is 12.0. The first-order chi connectivity index (χ1) is 10.6. The van der Waals surface area contributed by atoms with Gasteiger partial charge in [0.2, 0.25) is 0 Å². The van der Waals surface area contributed by atoms with E-state index in [0.717, 1.165) is 16.7 Å². The second-order valence-electron chi connectivity index (χ2n) is 5.45. The number of rotatable bonds is 3. The van der Waals surface area contributed by atoms with E-state index in [1.165, 1.54) is 12.4 Å². The Labute approximate surface area is 127 Å². The molecule has 1 aromatic heterocycles. The monoisotopic (exact) mass is 298 g/mol. The minimum Gasteiger partial charge on any atom is -0.481 e. The Morgan fingerprint density at radius 3 is 2.73 bits per heavy atom. The highest BCUT2D eigenvalue weighted by molar-refractivity contribution is 5.81. The average molecular weight is 298 g/mol. The van der Waals surface area contributed by atoms with Crippen molar-refractivity contribution in [3.05, 3.63) is 65.5 Å². The van der Waals surface area contributed by atoms with Crippen LogP contribution in [0.2, 0.25) is 0 Å². The van der Waals surface area contributed by atoms with Gasteiger partial charge in [0.25, 0.3) is 0 Å². The molecule has 1 heterocycles. The van der Waals surface area contributed by atoms with E-state index >= 15 is 0 Å². The van der Waals surface area contributed by atoms with E-state index in [-0.39, 0.29) is 11.7 Å². The molecule has 0 saturated heterocycles. The lowest BCUT2D eigenvalue weighted by Gasteiger charge is -2.19. The Morgan fingerprint density at radius 2 is 2.05 bits per heavy atom. The Kier molecular flexibility index (Phi) is 3.71. The van der Waals surface area contributed by atoms with E-state index in [1.54, 1.807) is 37.5 Å². The molecule has 1 aliphatic rings. The molecule has 1 aliphatic carbocycles. The van der Waals surface area contributed by atoms with Crippen LogP contribution in [-0.4, -0.2) is 21.0 Å². The van der Waals surface area contributed by atoms with Crippen molar-refractivity contribution in [3.63, 3.8) is 0 Å². The van der Waals surface area contributed by atoms with Gasteiger partial charge in [0.05, 0.1) is 5.92 Å². The second-order valence-corrected chi connectivity index (χ2v) is 5.45. The Morgan fingerprint density at radius 1 is 1.32 bits per heavy atom. The first kappa shape index (κ1) is 14.4. The summed E-state index contributed by atoms with van der Waals surface area (Å²) in [6.45, 7) is 1.69. The van der Waals surface area contributed by atoms with Crippen LogP contribution in [0.25, 0.3) is 5.57 Å². The lowest BCUT2D eigenvalue weighted by molar-refractivity contribution is -0.140. The van der Waals surface area contributed by atoms with Gasteiger partial charge in [-0.2, -0.15) is 0 Å². The molecule has 2 unspecified atom stereocenters. The maximum absolute atomic E-state index is 13.8. The van der Waals surface area contributed by atoms with Gasteiger partial charge >= 0.3 is 5.97 Å². The average Bonchev–Trinajstić information content (AvgIpc) is 2.96. The number of benzene rings is 1. The van der Waals surface area contributed by atoms with E-state index in [9.17, 15) is 14.3 Å². The standard InChI is InChI=1S/C17H15FN2O2/c1-10-13(3-2-4-16(10)18)14-5-11(6-15(14)17(21)22)12-7-19-9-20-8-12/h2-4,6-9,14-15H,5H2,1H3,(H,21,22). The van der Waals surface area contributed by atoms with E-state index < -0.39 is 11.9 Å². The summed E-state index contributed by atoms with van der Waals surface area (Å²) in [7, 11) is 0. The minimum atomic E-state index is -0.902. The van der Waals surface area contributed by atoms with Crippen molar-refractivity contribution >= 4 is 11.5 Å². The van der Waals surface area contributed by atoms with Crippen LogP contribution in [0.5, 0.6) is 0 Å². The largest absolute Gasteiger partial charge is 0.481 e. The molecule has 0 spiro atoms. The number of nitrogens with zero attached hydrogens (tertiary/aromatic N) is 2. The van der Waals surface area contributed by atoms with Crippen LogP contribution in [0.15, 0.2) is 43.0 Å². The Hall–Kier alpha value is -2.56. The third kappa shape index (κ3) is 2.50. The molecular formula is C17H15FN2O2. The number of carboxylic acids is 1. The van der Waals surface area contributed by atoms with Crippen molar-refractivity contribution in [2.45, 2.75) is 19.3 Å². The number of aromatic nitrogens is 2. The van der Waals surface area contributed by atoms with Crippen LogP contribution < -0.4 is 0 Å². The van der Waals surface area contributed by atoms with Crippen molar-refractivity contribution in [1.29, 1.82) is 0 Å². The van der Waals surface area contributed by atoms with Crippen LogP contribution >= 0.6 is 0 Å². The molecule has 1 aromatic carbocycles. The van der Waals surface area contributed by atoms with Gasteiger partial charge in [-0.3, -0.25) is 4.79 Å². The van der Waals surface area contributed by atoms with Gasteiger partial charge in [0, 0.05) is 23.9 Å². The summed E-state index contributed by atoms with van der Waals surface area (Å²) in [6, 6.07) is 4.82. The van der Waals surface area contributed by atoms with Crippen molar-refractivity contribution < 1.29 is 14.3 Å². The predicted octanol–water partition coefficient (Wildman–Crippen LogP) is 3.20. The number of hydrogen-bond acceptors (Lipinski definition) is 3. The molecule has 0 aliphatic heterocycles. The lowest BCUT2D eigenvalue weighted by atomic mass is 9.85. The van der Waals surface area contributed by atoms with Gasteiger partial charge in [0.1, 0.15) is 12.1 Å². The number of carboxylic acid groups (broad SMARTS) is 1. The van der Waals surface area contributed by atoms with Gasteiger partial charge in [-0.05, 0) is 36.1 Å². The topological polar surface area (TPSA) is 63.1 Å². The number of hydrogen-bond donors (Lipinski definition) is 1. The van der Waals surface area contributed by atoms with E-state index in [0.29, 0.717) is 12.0 Å². The molecular weight excluding hydrogens is 283 g/mol. The molecule has 3 rings (SSSR count). The number of carbonyl (C=O) groups is 1. The molecule has 0 amide bonds. The van der Waals surface area contributed by atoms with E-state index in [4.69, 9.17) is 0 Å². The maximum atomic E-state index is 13.8. The SMILES string of the molecule is Cc1c(F)cccc1C1CC(c2cncnc2)=CC1C(=O)O. The third-order valence-electron chi connectivity index (χ3n) is 4.18. The normalized spacial score (nSPS) is 20.7. The Bertz CT molecular complexity index is 744. The first-order valence-corrected chi connectivity index (χ1v) is 7.02. The third-order valence-corrected chi connectivity index (χ3v) is 4.18. The fraction of sp³-hybridized carbons (Fsp3) is 0.235. The van der Waals surface area contributed by atoms with E-state index in [2.05, 4.69) is 9.97 Å². The zero-order valence-corrected chi connectivity index (χ0v) is 12.0. The van der Waals surface area contributed by atoms with Gasteiger partial charge < -0.3 is 5.11 Å². The fourth-order valence-electron chi connectivity index (χ4n) is 3.02. The molecule has 112 valence electrons. The molecule has 0 saturated carbocycles. The summed E-state index contributed by atoms with van der Waals surface area (Å²) in [6.07, 6.45) is 7.03. The molecule has 5 heteroatoms. The predicted molar refractivity (Wildman–Crippen MR) is 79.6 cm³/mol. The summed E-state index contributed by atoms with van der Waals surface area (Å²) in [4.78, 5) is 19.5. The van der Waals surface area contributed by atoms with Gasteiger partial charge in [-0.1, -0.05) is 18.2 Å². The van der Waals surface area contributed by atoms with Crippen LogP contribution in [0.1, 0.15) is 29.0 Å². The zero-order chi connectivity index (χ0) is 15.7.